The average Bonchev–Trinajstić information content (AvgIpc) is 2.91. The fourth-order valence-corrected chi connectivity index (χ4v) is 3.96. The van der Waals surface area contributed by atoms with Gasteiger partial charge in [0.2, 0.25) is 0 Å². The van der Waals surface area contributed by atoms with E-state index in [-0.39, 0.29) is 5.91 Å². The van der Waals surface area contributed by atoms with Gasteiger partial charge in [-0.3, -0.25) is 4.79 Å². The molecule has 4 rings (SSSR count). The second-order valence-electron chi connectivity index (χ2n) is 6.12. The van der Waals surface area contributed by atoms with E-state index in [9.17, 15) is 4.79 Å². The molecule has 1 amide bonds. The van der Waals surface area contributed by atoms with Crippen LogP contribution in [0.25, 0.3) is 0 Å². The highest BCUT2D eigenvalue weighted by molar-refractivity contribution is 7.12. The molecule has 0 spiro atoms. The fraction of sp³-hybridized carbons (Fsp3) is 0.471. The summed E-state index contributed by atoms with van der Waals surface area (Å²) in [5.74, 6) is 2.18. The molecular formula is C17H20N4O3S. The number of anilines is 1. The Hall–Kier alpha value is -2.35. The normalized spacial score (nSPS) is 17.3. The van der Waals surface area contributed by atoms with Crippen LogP contribution in [0.5, 0.6) is 11.5 Å². The van der Waals surface area contributed by atoms with Crippen molar-refractivity contribution in [2.24, 2.45) is 0 Å². The number of fused-ring (bicyclic) bond motifs is 1. The number of thiophene rings is 1. The molecule has 1 saturated heterocycles. The first-order valence-electron chi connectivity index (χ1n) is 8.44. The molecule has 2 aliphatic rings. The Morgan fingerprint density at radius 3 is 2.84 bits per heavy atom. The van der Waals surface area contributed by atoms with Crippen molar-refractivity contribution in [2.45, 2.75) is 13.3 Å². The lowest BCUT2D eigenvalue weighted by atomic mass is 10.3. The second kappa shape index (κ2) is 6.87. The summed E-state index contributed by atoms with van der Waals surface area (Å²) in [6.45, 7) is 5.94. The maximum absolute atomic E-state index is 12.9. The van der Waals surface area contributed by atoms with Crippen LogP contribution in [0.4, 0.5) is 5.82 Å². The Morgan fingerprint density at radius 2 is 2.00 bits per heavy atom. The van der Waals surface area contributed by atoms with Gasteiger partial charge in [-0.25, -0.2) is 0 Å². The molecule has 132 valence electrons. The summed E-state index contributed by atoms with van der Waals surface area (Å²) in [4.78, 5) is 17.6. The summed E-state index contributed by atoms with van der Waals surface area (Å²) >= 11 is 1.40. The Labute approximate surface area is 150 Å². The number of carbonyl (C=O) groups is 1. The highest BCUT2D eigenvalue weighted by Crippen LogP contribution is 2.40. The van der Waals surface area contributed by atoms with Crippen LogP contribution in [-0.2, 0) is 0 Å². The zero-order valence-corrected chi connectivity index (χ0v) is 14.9. The molecule has 0 aromatic carbocycles. The number of rotatable bonds is 2. The average molecular weight is 360 g/mol. The Bertz CT molecular complexity index is 762. The minimum absolute atomic E-state index is 0.0218. The number of aromatic nitrogens is 2. The number of nitrogens with zero attached hydrogens (tertiary/aromatic N) is 4. The molecular weight excluding hydrogens is 340 g/mol. The van der Waals surface area contributed by atoms with Gasteiger partial charge in [-0.1, -0.05) is 0 Å². The smallest absolute Gasteiger partial charge is 0.267 e. The van der Waals surface area contributed by atoms with E-state index in [0.717, 1.165) is 37.6 Å². The zero-order valence-electron chi connectivity index (χ0n) is 14.1. The van der Waals surface area contributed by atoms with Gasteiger partial charge in [0, 0.05) is 31.6 Å². The van der Waals surface area contributed by atoms with Crippen molar-refractivity contribution in [3.8, 4) is 11.5 Å². The molecule has 4 heterocycles. The first-order chi connectivity index (χ1) is 12.2. The van der Waals surface area contributed by atoms with E-state index in [0.29, 0.717) is 36.1 Å². The van der Waals surface area contributed by atoms with Gasteiger partial charge in [0.05, 0.1) is 5.69 Å². The number of hydrogen-bond acceptors (Lipinski definition) is 7. The molecule has 2 aliphatic heterocycles. The molecule has 2 aromatic heterocycles. The Balaban J connectivity index is 1.46. The number of ether oxygens (including phenoxy) is 2. The van der Waals surface area contributed by atoms with Crippen LogP contribution >= 0.6 is 11.3 Å². The van der Waals surface area contributed by atoms with Crippen LogP contribution in [0.1, 0.15) is 21.8 Å². The molecule has 8 heteroatoms. The zero-order chi connectivity index (χ0) is 17.2. The maximum Gasteiger partial charge on any atom is 0.267 e. The van der Waals surface area contributed by atoms with Gasteiger partial charge in [0.1, 0.15) is 18.1 Å². The number of amides is 1. The predicted molar refractivity (Wildman–Crippen MR) is 94.8 cm³/mol. The van der Waals surface area contributed by atoms with E-state index in [4.69, 9.17) is 9.47 Å². The van der Waals surface area contributed by atoms with Crippen molar-refractivity contribution in [2.75, 3.05) is 44.3 Å². The molecule has 0 saturated carbocycles. The van der Waals surface area contributed by atoms with Crippen molar-refractivity contribution < 1.29 is 14.3 Å². The predicted octanol–water partition coefficient (Wildman–Crippen LogP) is 1.97. The molecule has 1 fully saturated rings. The quantitative estimate of drug-likeness (QED) is 0.816. The van der Waals surface area contributed by atoms with Gasteiger partial charge in [0.15, 0.2) is 17.3 Å². The van der Waals surface area contributed by atoms with Crippen molar-refractivity contribution in [3.05, 3.63) is 28.1 Å². The monoisotopic (exact) mass is 360 g/mol. The third-order valence-electron chi connectivity index (χ3n) is 4.39. The lowest BCUT2D eigenvalue weighted by Crippen LogP contribution is -2.35. The van der Waals surface area contributed by atoms with Crippen LogP contribution < -0.4 is 14.4 Å². The largest absolute Gasteiger partial charge is 0.485 e. The molecule has 0 radical (unpaired) electrons. The van der Waals surface area contributed by atoms with Gasteiger partial charge < -0.3 is 19.3 Å². The summed E-state index contributed by atoms with van der Waals surface area (Å²) in [6, 6.07) is 3.95. The van der Waals surface area contributed by atoms with E-state index < -0.39 is 0 Å². The van der Waals surface area contributed by atoms with Crippen LogP contribution in [0, 0.1) is 6.92 Å². The summed E-state index contributed by atoms with van der Waals surface area (Å²) in [7, 11) is 0. The van der Waals surface area contributed by atoms with Crippen LogP contribution in [-0.4, -0.2) is 60.4 Å². The first-order valence-corrected chi connectivity index (χ1v) is 9.32. The van der Waals surface area contributed by atoms with Gasteiger partial charge >= 0.3 is 0 Å². The number of carbonyl (C=O) groups excluding carboxylic acids is 1. The van der Waals surface area contributed by atoms with E-state index in [2.05, 4.69) is 15.1 Å². The SMILES string of the molecule is Cc1ccc(N2CCCN(C(=O)c3scc4c3OCCO4)CC2)nn1. The van der Waals surface area contributed by atoms with Crippen molar-refractivity contribution >= 4 is 23.1 Å². The third kappa shape index (κ3) is 3.26. The number of hydrogen-bond donors (Lipinski definition) is 0. The van der Waals surface area contributed by atoms with E-state index in [1.807, 2.05) is 29.3 Å². The standard InChI is InChI=1S/C17H20N4O3S/c1-12-3-4-14(19-18-12)20-5-2-6-21(8-7-20)17(22)16-15-13(11-25-16)23-9-10-24-15/h3-4,11H,2,5-10H2,1H3. The lowest BCUT2D eigenvalue weighted by Gasteiger charge is -2.23. The van der Waals surface area contributed by atoms with Gasteiger partial charge in [-0.15, -0.1) is 16.4 Å². The Kier molecular flexibility index (Phi) is 4.44. The fourth-order valence-electron chi connectivity index (χ4n) is 3.06. The topological polar surface area (TPSA) is 67.8 Å². The first kappa shape index (κ1) is 16.1. The molecule has 0 bridgehead atoms. The summed E-state index contributed by atoms with van der Waals surface area (Å²) in [5, 5.41) is 10.2. The Morgan fingerprint density at radius 1 is 1.12 bits per heavy atom. The van der Waals surface area contributed by atoms with Gasteiger partial charge in [-0.05, 0) is 25.5 Å². The second-order valence-corrected chi connectivity index (χ2v) is 7.00. The molecule has 2 aromatic rings. The maximum atomic E-state index is 12.9. The molecule has 25 heavy (non-hydrogen) atoms. The van der Waals surface area contributed by atoms with Gasteiger partial charge in [0.25, 0.3) is 5.91 Å². The van der Waals surface area contributed by atoms with Crippen LogP contribution in [0.2, 0.25) is 0 Å². The van der Waals surface area contributed by atoms with Crippen LogP contribution in [0.15, 0.2) is 17.5 Å². The van der Waals surface area contributed by atoms with E-state index in [1.54, 1.807) is 0 Å². The minimum Gasteiger partial charge on any atom is -0.485 e. The highest BCUT2D eigenvalue weighted by Gasteiger charge is 2.28. The highest BCUT2D eigenvalue weighted by atomic mass is 32.1. The minimum atomic E-state index is 0.0218. The van der Waals surface area contributed by atoms with Crippen molar-refractivity contribution in [1.82, 2.24) is 15.1 Å². The van der Waals surface area contributed by atoms with E-state index in [1.165, 1.54) is 11.3 Å². The summed E-state index contributed by atoms with van der Waals surface area (Å²) in [6.07, 6.45) is 0.895. The lowest BCUT2D eigenvalue weighted by molar-refractivity contribution is 0.0763. The molecule has 0 atom stereocenters. The molecule has 7 nitrogen and oxygen atoms in total. The molecule has 0 aliphatic carbocycles. The van der Waals surface area contributed by atoms with Crippen molar-refractivity contribution in [1.29, 1.82) is 0 Å². The van der Waals surface area contributed by atoms with E-state index >= 15 is 0 Å². The van der Waals surface area contributed by atoms with Gasteiger partial charge in [-0.2, -0.15) is 5.10 Å². The third-order valence-corrected chi connectivity index (χ3v) is 5.31. The summed E-state index contributed by atoms with van der Waals surface area (Å²) < 4.78 is 11.2. The molecule has 0 N–H and O–H groups in total. The summed E-state index contributed by atoms with van der Waals surface area (Å²) in [5.41, 5.74) is 0.903. The van der Waals surface area contributed by atoms with Crippen LogP contribution in [0.3, 0.4) is 0 Å². The van der Waals surface area contributed by atoms with Crippen molar-refractivity contribution in [3.63, 3.8) is 0 Å². The number of aryl methyl sites for hydroxylation is 1. The molecule has 0 unspecified atom stereocenters.